The van der Waals surface area contributed by atoms with Crippen molar-refractivity contribution in [1.29, 1.82) is 0 Å². The number of carbonyl (C=O) groups is 1. The molecule has 0 atom stereocenters. The van der Waals surface area contributed by atoms with Crippen LogP contribution >= 0.6 is 15.9 Å². The Hall–Kier alpha value is -1.43. The van der Waals surface area contributed by atoms with Crippen LogP contribution in [-0.2, 0) is 0 Å². The molecule has 6 heteroatoms. The van der Waals surface area contributed by atoms with Gasteiger partial charge in [-0.3, -0.25) is 14.9 Å². The molecule has 0 unspecified atom stereocenters. The molecule has 1 amide bonds. The van der Waals surface area contributed by atoms with Crippen LogP contribution in [0.4, 0.5) is 5.69 Å². The van der Waals surface area contributed by atoms with Crippen LogP contribution < -0.4 is 5.32 Å². The van der Waals surface area contributed by atoms with Gasteiger partial charge in [0.15, 0.2) is 0 Å². The van der Waals surface area contributed by atoms with Crippen LogP contribution in [0.15, 0.2) is 18.2 Å². The summed E-state index contributed by atoms with van der Waals surface area (Å²) in [7, 11) is 0. The van der Waals surface area contributed by atoms with E-state index in [0.29, 0.717) is 17.7 Å². The van der Waals surface area contributed by atoms with Gasteiger partial charge in [0.2, 0.25) is 0 Å². The summed E-state index contributed by atoms with van der Waals surface area (Å²) in [5, 5.41) is 14.6. The molecule has 0 bridgehead atoms. The summed E-state index contributed by atoms with van der Waals surface area (Å²) >= 11 is 3.39. The van der Waals surface area contributed by atoms with E-state index < -0.39 is 4.92 Å². The molecule has 1 aromatic carbocycles. The average Bonchev–Trinajstić information content (AvgIpc) is 2.36. The summed E-state index contributed by atoms with van der Waals surface area (Å²) < 4.78 is 0. The Labute approximate surface area is 127 Å². The first-order valence-corrected chi connectivity index (χ1v) is 7.49. The van der Waals surface area contributed by atoms with Gasteiger partial charge in [-0.25, -0.2) is 0 Å². The highest BCUT2D eigenvalue weighted by molar-refractivity contribution is 9.09. The van der Waals surface area contributed by atoms with Crippen LogP contribution in [-0.4, -0.2) is 22.7 Å². The predicted molar refractivity (Wildman–Crippen MR) is 82.4 cm³/mol. The van der Waals surface area contributed by atoms with Crippen LogP contribution in [0.5, 0.6) is 0 Å². The molecule has 0 heterocycles. The normalized spacial score (nSPS) is 11.2. The second kappa shape index (κ2) is 6.83. The van der Waals surface area contributed by atoms with Crippen LogP contribution in [0.2, 0.25) is 0 Å². The highest BCUT2D eigenvalue weighted by Gasteiger charge is 2.21. The Bertz CT molecular complexity index is 515. The third-order valence-corrected chi connectivity index (χ3v) is 3.64. The topological polar surface area (TPSA) is 72.2 Å². The lowest BCUT2D eigenvalue weighted by Gasteiger charge is -2.24. The maximum absolute atomic E-state index is 12.1. The van der Waals surface area contributed by atoms with Gasteiger partial charge in [0.25, 0.3) is 11.6 Å². The molecule has 0 saturated carbocycles. The minimum absolute atomic E-state index is 0.0201. The number of amides is 1. The number of alkyl halides is 1. The molecule has 0 aliphatic carbocycles. The van der Waals surface area contributed by atoms with Gasteiger partial charge < -0.3 is 5.32 Å². The molecule has 0 spiro atoms. The molecular formula is C14H19BrN2O3. The van der Waals surface area contributed by atoms with Gasteiger partial charge in [-0.2, -0.15) is 0 Å². The van der Waals surface area contributed by atoms with E-state index in [0.717, 1.165) is 11.8 Å². The molecule has 0 fully saturated rings. The zero-order chi connectivity index (χ0) is 15.3. The number of nitro benzene ring substituents is 1. The number of halogens is 1. The number of carbonyl (C=O) groups excluding carboxylic acids is 1. The monoisotopic (exact) mass is 342 g/mol. The third-order valence-electron chi connectivity index (χ3n) is 3.25. The highest BCUT2D eigenvalue weighted by Crippen LogP contribution is 2.22. The quantitative estimate of drug-likeness (QED) is 0.489. The Kier molecular flexibility index (Phi) is 5.68. The Balaban J connectivity index is 2.84. The average molecular weight is 343 g/mol. The standard InChI is InChI=1S/C14H19BrN2O3/c1-10-11(5-4-6-12(10)17(19)20)13(18)16-9-14(2,3)7-8-15/h4-6H,7-9H2,1-3H3,(H,16,18). The maximum atomic E-state index is 12.1. The molecule has 0 aromatic heterocycles. The Morgan fingerprint density at radius 2 is 2.10 bits per heavy atom. The van der Waals surface area contributed by atoms with Crippen molar-refractivity contribution in [2.45, 2.75) is 27.2 Å². The summed E-state index contributed by atoms with van der Waals surface area (Å²) in [6.07, 6.45) is 0.932. The summed E-state index contributed by atoms with van der Waals surface area (Å²) in [6, 6.07) is 4.54. The van der Waals surface area contributed by atoms with Gasteiger partial charge in [0.1, 0.15) is 0 Å². The molecule has 1 rings (SSSR count). The van der Waals surface area contributed by atoms with E-state index in [1.54, 1.807) is 13.0 Å². The molecule has 1 N–H and O–H groups in total. The molecular weight excluding hydrogens is 324 g/mol. The molecule has 5 nitrogen and oxygen atoms in total. The van der Waals surface area contributed by atoms with E-state index >= 15 is 0 Å². The Morgan fingerprint density at radius 1 is 1.45 bits per heavy atom. The number of nitro groups is 1. The van der Waals surface area contributed by atoms with Crippen molar-refractivity contribution >= 4 is 27.5 Å². The lowest BCUT2D eigenvalue weighted by molar-refractivity contribution is -0.385. The molecule has 1 aromatic rings. The summed E-state index contributed by atoms with van der Waals surface area (Å²) in [5.74, 6) is -0.270. The molecule has 0 aliphatic rings. The van der Waals surface area contributed by atoms with Crippen molar-refractivity contribution < 1.29 is 9.72 Å². The van der Waals surface area contributed by atoms with E-state index in [9.17, 15) is 14.9 Å². The fourth-order valence-electron chi connectivity index (χ4n) is 1.83. The molecule has 0 saturated heterocycles. The molecule has 110 valence electrons. The minimum Gasteiger partial charge on any atom is -0.351 e. The van der Waals surface area contributed by atoms with Gasteiger partial charge in [0, 0.05) is 29.1 Å². The highest BCUT2D eigenvalue weighted by atomic mass is 79.9. The van der Waals surface area contributed by atoms with Gasteiger partial charge >= 0.3 is 0 Å². The van der Waals surface area contributed by atoms with E-state index in [2.05, 4.69) is 35.1 Å². The van der Waals surface area contributed by atoms with Gasteiger partial charge in [0.05, 0.1) is 4.92 Å². The largest absolute Gasteiger partial charge is 0.351 e. The second-order valence-electron chi connectivity index (χ2n) is 5.49. The molecule has 0 aliphatic heterocycles. The fourth-order valence-corrected chi connectivity index (χ4v) is 2.90. The lowest BCUT2D eigenvalue weighted by atomic mass is 9.90. The lowest BCUT2D eigenvalue weighted by Crippen LogP contribution is -2.34. The van der Waals surface area contributed by atoms with Crippen molar-refractivity contribution in [3.05, 3.63) is 39.4 Å². The summed E-state index contributed by atoms with van der Waals surface area (Å²) in [6.45, 7) is 6.25. The first-order valence-electron chi connectivity index (χ1n) is 6.36. The number of nitrogens with one attached hydrogen (secondary N) is 1. The van der Waals surface area contributed by atoms with E-state index in [-0.39, 0.29) is 17.0 Å². The zero-order valence-corrected chi connectivity index (χ0v) is 13.5. The Morgan fingerprint density at radius 3 is 2.65 bits per heavy atom. The van der Waals surface area contributed by atoms with Crippen molar-refractivity contribution in [3.63, 3.8) is 0 Å². The maximum Gasteiger partial charge on any atom is 0.273 e. The minimum atomic E-state index is -0.471. The van der Waals surface area contributed by atoms with Crippen molar-refractivity contribution in [2.24, 2.45) is 5.41 Å². The number of nitrogens with zero attached hydrogens (tertiary/aromatic N) is 1. The number of hydrogen-bond donors (Lipinski definition) is 1. The summed E-state index contributed by atoms with van der Waals surface area (Å²) in [5.41, 5.74) is 0.702. The van der Waals surface area contributed by atoms with Crippen LogP contribution in [0.1, 0.15) is 36.2 Å². The molecule has 0 radical (unpaired) electrons. The predicted octanol–water partition coefficient (Wildman–Crippen LogP) is 3.44. The smallest absolute Gasteiger partial charge is 0.273 e. The first-order chi connectivity index (χ1) is 9.28. The number of hydrogen-bond acceptors (Lipinski definition) is 3. The van der Waals surface area contributed by atoms with E-state index in [1.807, 2.05) is 0 Å². The van der Waals surface area contributed by atoms with Crippen molar-refractivity contribution in [2.75, 3.05) is 11.9 Å². The van der Waals surface area contributed by atoms with Crippen LogP contribution in [0, 0.1) is 22.5 Å². The number of rotatable bonds is 6. The second-order valence-corrected chi connectivity index (χ2v) is 6.29. The van der Waals surface area contributed by atoms with Crippen molar-refractivity contribution in [1.82, 2.24) is 5.32 Å². The van der Waals surface area contributed by atoms with Crippen LogP contribution in [0.25, 0.3) is 0 Å². The van der Waals surface area contributed by atoms with Gasteiger partial charge in [-0.1, -0.05) is 35.8 Å². The van der Waals surface area contributed by atoms with Gasteiger partial charge in [-0.05, 0) is 24.8 Å². The van der Waals surface area contributed by atoms with Gasteiger partial charge in [-0.15, -0.1) is 0 Å². The van der Waals surface area contributed by atoms with Crippen LogP contribution in [0.3, 0.4) is 0 Å². The first kappa shape index (κ1) is 16.6. The zero-order valence-electron chi connectivity index (χ0n) is 11.9. The third kappa shape index (κ3) is 4.30. The van der Waals surface area contributed by atoms with Crippen molar-refractivity contribution in [3.8, 4) is 0 Å². The summed E-state index contributed by atoms with van der Waals surface area (Å²) in [4.78, 5) is 22.5. The van der Waals surface area contributed by atoms with E-state index in [1.165, 1.54) is 12.1 Å². The molecule has 20 heavy (non-hydrogen) atoms. The SMILES string of the molecule is Cc1c(C(=O)NCC(C)(C)CCBr)cccc1[N+](=O)[O-]. The fraction of sp³-hybridized carbons (Fsp3) is 0.500. The number of benzene rings is 1. The van der Waals surface area contributed by atoms with E-state index in [4.69, 9.17) is 0 Å².